The van der Waals surface area contributed by atoms with Gasteiger partial charge >= 0.3 is 0 Å². The molecule has 0 aliphatic carbocycles. The number of rotatable bonds is 5. The van der Waals surface area contributed by atoms with Crippen molar-refractivity contribution in [3.63, 3.8) is 0 Å². The van der Waals surface area contributed by atoms with E-state index in [0.717, 1.165) is 19.4 Å². The molecule has 8 heteroatoms. The Bertz CT molecular complexity index is 571. The zero-order chi connectivity index (χ0) is 17.8. The molecule has 2 saturated heterocycles. The molecular formula is C17H28N4O4. The van der Waals surface area contributed by atoms with Crippen LogP contribution in [0.1, 0.15) is 50.4 Å². The van der Waals surface area contributed by atoms with Crippen LogP contribution in [0.25, 0.3) is 0 Å². The van der Waals surface area contributed by atoms with Crippen LogP contribution in [0.4, 0.5) is 0 Å². The van der Waals surface area contributed by atoms with E-state index in [1.54, 1.807) is 0 Å². The normalized spacial score (nSPS) is 24.4. The van der Waals surface area contributed by atoms with Crippen molar-refractivity contribution >= 4 is 5.91 Å². The second-order valence-corrected chi connectivity index (χ2v) is 7.20. The molecule has 0 unspecified atom stereocenters. The molecule has 1 aromatic rings. The quantitative estimate of drug-likeness (QED) is 0.849. The molecule has 2 aliphatic heterocycles. The predicted molar refractivity (Wildman–Crippen MR) is 90.1 cm³/mol. The Kier molecular flexibility index (Phi) is 6.03. The van der Waals surface area contributed by atoms with Crippen molar-refractivity contribution in [2.75, 3.05) is 40.0 Å². The van der Waals surface area contributed by atoms with Gasteiger partial charge < -0.3 is 24.2 Å². The Morgan fingerprint density at radius 3 is 2.68 bits per heavy atom. The molecule has 0 saturated carbocycles. The van der Waals surface area contributed by atoms with Gasteiger partial charge in [-0.25, -0.2) is 0 Å². The number of carbonyl (C=O) groups is 1. The molecule has 8 nitrogen and oxygen atoms in total. The molecule has 0 bridgehead atoms. The van der Waals surface area contributed by atoms with Gasteiger partial charge in [-0.05, 0) is 25.8 Å². The number of carbonyl (C=O) groups excluding carboxylic acids is 1. The zero-order valence-corrected chi connectivity index (χ0v) is 15.2. The van der Waals surface area contributed by atoms with Crippen molar-refractivity contribution in [3.05, 3.63) is 11.7 Å². The van der Waals surface area contributed by atoms with Crippen LogP contribution in [-0.2, 0) is 14.3 Å². The van der Waals surface area contributed by atoms with E-state index in [0.29, 0.717) is 38.1 Å². The van der Waals surface area contributed by atoms with Crippen LogP contribution in [0, 0.1) is 5.92 Å². The smallest absolute Gasteiger partial charge is 0.251 e. The van der Waals surface area contributed by atoms with Crippen LogP contribution in [0.5, 0.6) is 0 Å². The number of nitrogens with one attached hydrogen (secondary N) is 1. The minimum absolute atomic E-state index is 0.118. The highest BCUT2D eigenvalue weighted by Crippen LogP contribution is 2.30. The molecule has 0 aromatic carbocycles. The fourth-order valence-electron chi connectivity index (χ4n) is 3.22. The second-order valence-electron chi connectivity index (χ2n) is 7.20. The van der Waals surface area contributed by atoms with Crippen molar-refractivity contribution in [2.24, 2.45) is 5.92 Å². The Labute approximate surface area is 148 Å². The molecule has 3 heterocycles. The average molecular weight is 352 g/mol. The lowest BCUT2D eigenvalue weighted by Gasteiger charge is -2.32. The van der Waals surface area contributed by atoms with Crippen LogP contribution in [0.15, 0.2) is 4.52 Å². The average Bonchev–Trinajstić information content (AvgIpc) is 3.10. The molecule has 3 rings (SSSR count). The Morgan fingerprint density at radius 1 is 1.28 bits per heavy atom. The summed E-state index contributed by atoms with van der Waals surface area (Å²) in [6.07, 6.45) is 1.25. The van der Waals surface area contributed by atoms with Gasteiger partial charge in [0.15, 0.2) is 5.82 Å². The summed E-state index contributed by atoms with van der Waals surface area (Å²) < 4.78 is 16.6. The van der Waals surface area contributed by atoms with Crippen molar-refractivity contribution in [1.82, 2.24) is 20.4 Å². The molecule has 2 atom stereocenters. The van der Waals surface area contributed by atoms with E-state index in [1.165, 1.54) is 0 Å². The third-order valence-corrected chi connectivity index (χ3v) is 4.84. The first-order valence-corrected chi connectivity index (χ1v) is 9.06. The van der Waals surface area contributed by atoms with E-state index in [2.05, 4.69) is 20.4 Å². The molecule has 0 radical (unpaired) electrons. The number of ether oxygens (including phenoxy) is 2. The summed E-state index contributed by atoms with van der Waals surface area (Å²) in [6.45, 7) is 7.40. The minimum atomic E-state index is -0.464. The molecule has 1 amide bonds. The van der Waals surface area contributed by atoms with E-state index in [1.807, 2.05) is 20.9 Å². The highest BCUT2D eigenvalue weighted by Gasteiger charge is 2.34. The van der Waals surface area contributed by atoms with Gasteiger partial charge in [-0.1, -0.05) is 19.0 Å². The number of amides is 1. The largest absolute Gasteiger partial charge is 0.381 e. The highest BCUT2D eigenvalue weighted by molar-refractivity contribution is 5.81. The Morgan fingerprint density at radius 2 is 2.04 bits per heavy atom. The van der Waals surface area contributed by atoms with Crippen LogP contribution in [-0.4, -0.2) is 67.0 Å². The van der Waals surface area contributed by atoms with Gasteiger partial charge in [0.2, 0.25) is 5.89 Å². The number of likely N-dealkylation sites (N-methyl/N-ethyl adjacent to an activating group) is 1. The van der Waals surface area contributed by atoms with Crippen molar-refractivity contribution in [2.45, 2.75) is 44.8 Å². The summed E-state index contributed by atoms with van der Waals surface area (Å²) in [5.74, 6) is 1.42. The Hall–Kier alpha value is -1.51. The fourth-order valence-corrected chi connectivity index (χ4v) is 3.22. The summed E-state index contributed by atoms with van der Waals surface area (Å²) in [5.41, 5.74) is 0. The van der Waals surface area contributed by atoms with E-state index >= 15 is 0 Å². The maximum atomic E-state index is 12.7. The molecule has 2 aliphatic rings. The lowest BCUT2D eigenvalue weighted by molar-refractivity contribution is -0.139. The second kappa shape index (κ2) is 8.25. The number of aromatic nitrogens is 2. The van der Waals surface area contributed by atoms with Gasteiger partial charge in [0.1, 0.15) is 12.1 Å². The van der Waals surface area contributed by atoms with Crippen LogP contribution in [0.3, 0.4) is 0 Å². The molecule has 140 valence electrons. The van der Waals surface area contributed by atoms with E-state index in [9.17, 15) is 4.79 Å². The van der Waals surface area contributed by atoms with Gasteiger partial charge in [-0.2, -0.15) is 4.98 Å². The fraction of sp³-hybridized carbons (Fsp3) is 0.824. The number of morpholine rings is 1. The van der Waals surface area contributed by atoms with Gasteiger partial charge in [0.25, 0.3) is 5.91 Å². The molecule has 25 heavy (non-hydrogen) atoms. The number of hydrogen-bond acceptors (Lipinski definition) is 7. The monoisotopic (exact) mass is 352 g/mol. The number of hydrogen-bond donors (Lipinski definition) is 1. The molecule has 0 spiro atoms. The zero-order valence-electron chi connectivity index (χ0n) is 15.2. The van der Waals surface area contributed by atoms with E-state index in [-0.39, 0.29) is 23.8 Å². The van der Waals surface area contributed by atoms with Gasteiger partial charge in [0, 0.05) is 32.2 Å². The number of nitrogens with zero attached hydrogens (tertiary/aromatic N) is 3. The topological polar surface area (TPSA) is 89.7 Å². The predicted octanol–water partition coefficient (Wildman–Crippen LogP) is 1.11. The van der Waals surface area contributed by atoms with Gasteiger partial charge in [-0.15, -0.1) is 0 Å². The molecule has 1 aromatic heterocycles. The van der Waals surface area contributed by atoms with Crippen LogP contribution < -0.4 is 5.32 Å². The SMILES string of the molecule is CC(C)c1noc([C@@H](NC(=O)[C@H]2CN(C)CCO2)C2CCOCC2)n1. The summed E-state index contributed by atoms with van der Waals surface area (Å²) in [5, 5.41) is 7.16. The maximum Gasteiger partial charge on any atom is 0.251 e. The summed E-state index contributed by atoms with van der Waals surface area (Å²) in [6, 6.07) is -0.299. The third kappa shape index (κ3) is 4.56. The summed E-state index contributed by atoms with van der Waals surface area (Å²) in [7, 11) is 1.99. The first kappa shape index (κ1) is 18.3. The van der Waals surface area contributed by atoms with Crippen LogP contribution in [0.2, 0.25) is 0 Å². The molecule has 2 fully saturated rings. The van der Waals surface area contributed by atoms with E-state index < -0.39 is 6.10 Å². The lowest BCUT2D eigenvalue weighted by atomic mass is 9.91. The maximum absolute atomic E-state index is 12.7. The first-order chi connectivity index (χ1) is 12.0. The van der Waals surface area contributed by atoms with Crippen LogP contribution >= 0.6 is 0 Å². The van der Waals surface area contributed by atoms with Crippen molar-refractivity contribution in [1.29, 1.82) is 0 Å². The highest BCUT2D eigenvalue weighted by atomic mass is 16.5. The van der Waals surface area contributed by atoms with E-state index in [4.69, 9.17) is 14.0 Å². The van der Waals surface area contributed by atoms with Crippen molar-refractivity contribution < 1.29 is 18.8 Å². The standard InChI is InChI=1S/C17H28N4O4/c1-11(2)15-19-17(25-20-15)14(12-4-7-23-8-5-12)18-16(22)13-10-21(3)6-9-24-13/h11-14H,4-10H2,1-3H3,(H,18,22)/t13-,14+/m1/s1. The lowest BCUT2D eigenvalue weighted by Crippen LogP contribution is -2.50. The van der Waals surface area contributed by atoms with Gasteiger partial charge in [-0.3, -0.25) is 4.79 Å². The first-order valence-electron chi connectivity index (χ1n) is 9.06. The molecule has 1 N–H and O–H groups in total. The Balaban J connectivity index is 1.74. The van der Waals surface area contributed by atoms with Gasteiger partial charge in [0.05, 0.1) is 6.61 Å². The summed E-state index contributed by atoms with van der Waals surface area (Å²) in [4.78, 5) is 19.3. The van der Waals surface area contributed by atoms with Crippen molar-refractivity contribution in [3.8, 4) is 0 Å². The third-order valence-electron chi connectivity index (χ3n) is 4.84. The summed E-state index contributed by atoms with van der Waals surface area (Å²) >= 11 is 0. The minimum Gasteiger partial charge on any atom is -0.381 e. The molecular weight excluding hydrogens is 324 g/mol.